The van der Waals surface area contributed by atoms with E-state index in [4.69, 9.17) is 4.74 Å². The summed E-state index contributed by atoms with van der Waals surface area (Å²) in [6, 6.07) is 5.95. The van der Waals surface area contributed by atoms with Crippen molar-refractivity contribution in [1.29, 1.82) is 0 Å². The molecule has 7 heteroatoms. The minimum Gasteiger partial charge on any atom is -0.493 e. The molecule has 2 aromatic heterocycles. The first-order chi connectivity index (χ1) is 11.1. The third kappa shape index (κ3) is 2.64. The second-order valence-corrected chi connectivity index (χ2v) is 7.12. The molecule has 4 nitrogen and oxygen atoms in total. The van der Waals surface area contributed by atoms with Crippen LogP contribution in [0.3, 0.4) is 0 Å². The molecule has 0 radical (unpaired) electrons. The SMILES string of the molecule is O=C(N[C@H]1CCOc2ccc(F)cc21)c1cc2scc(Br)c2[nH]1. The van der Waals surface area contributed by atoms with Gasteiger partial charge in [-0.15, -0.1) is 11.3 Å². The number of thiophene rings is 1. The summed E-state index contributed by atoms with van der Waals surface area (Å²) in [4.78, 5) is 15.6. The summed E-state index contributed by atoms with van der Waals surface area (Å²) in [6.07, 6.45) is 0.612. The molecule has 3 heterocycles. The van der Waals surface area contributed by atoms with Crippen molar-refractivity contribution >= 4 is 43.4 Å². The summed E-state index contributed by atoms with van der Waals surface area (Å²) in [5.74, 6) is 0.0818. The molecule has 3 aromatic rings. The van der Waals surface area contributed by atoms with Gasteiger partial charge in [0.15, 0.2) is 0 Å². The lowest BCUT2D eigenvalue weighted by Crippen LogP contribution is -2.32. The van der Waals surface area contributed by atoms with E-state index in [2.05, 4.69) is 26.2 Å². The zero-order valence-corrected chi connectivity index (χ0v) is 14.3. The van der Waals surface area contributed by atoms with E-state index in [1.54, 1.807) is 17.4 Å². The number of ether oxygens (including phenoxy) is 1. The van der Waals surface area contributed by atoms with Crippen LogP contribution in [-0.2, 0) is 0 Å². The number of hydrogen-bond acceptors (Lipinski definition) is 3. The van der Waals surface area contributed by atoms with Crippen LogP contribution >= 0.6 is 27.3 Å². The lowest BCUT2D eigenvalue weighted by molar-refractivity contribution is 0.0920. The van der Waals surface area contributed by atoms with Crippen molar-refractivity contribution in [2.75, 3.05) is 6.61 Å². The van der Waals surface area contributed by atoms with Gasteiger partial charge in [-0.1, -0.05) is 0 Å². The van der Waals surface area contributed by atoms with Crippen LogP contribution in [0.2, 0.25) is 0 Å². The summed E-state index contributed by atoms with van der Waals surface area (Å²) in [5.41, 5.74) is 2.09. The fraction of sp³-hybridized carbons (Fsp3) is 0.188. The summed E-state index contributed by atoms with van der Waals surface area (Å²) in [6.45, 7) is 0.495. The lowest BCUT2D eigenvalue weighted by Gasteiger charge is -2.26. The molecule has 0 unspecified atom stereocenters. The minimum atomic E-state index is -0.335. The molecule has 1 atom stereocenters. The Morgan fingerprint density at radius 1 is 1.43 bits per heavy atom. The van der Waals surface area contributed by atoms with Crippen molar-refractivity contribution < 1.29 is 13.9 Å². The van der Waals surface area contributed by atoms with Gasteiger partial charge in [-0.25, -0.2) is 4.39 Å². The molecule has 2 N–H and O–H groups in total. The smallest absolute Gasteiger partial charge is 0.268 e. The molecule has 4 rings (SSSR count). The summed E-state index contributed by atoms with van der Waals surface area (Å²) >= 11 is 5.01. The van der Waals surface area contributed by atoms with E-state index in [1.165, 1.54) is 12.1 Å². The van der Waals surface area contributed by atoms with Crippen LogP contribution in [-0.4, -0.2) is 17.5 Å². The standard InChI is InChI=1S/C16H12BrFN2O2S/c17-10-7-23-14-6-12(19-15(10)14)16(21)20-11-3-4-22-13-2-1-8(18)5-9(11)13/h1-2,5-7,11,19H,3-4H2,(H,20,21)/t11-/m0/s1. The number of aromatic nitrogens is 1. The Bertz CT molecular complexity index is 905. The highest BCUT2D eigenvalue weighted by Gasteiger charge is 2.24. The lowest BCUT2D eigenvalue weighted by atomic mass is 10.0. The number of benzene rings is 1. The Hall–Kier alpha value is -1.86. The van der Waals surface area contributed by atoms with Crippen molar-refractivity contribution in [3.05, 3.63) is 51.2 Å². The predicted molar refractivity (Wildman–Crippen MR) is 90.6 cm³/mol. The van der Waals surface area contributed by atoms with Crippen LogP contribution < -0.4 is 10.1 Å². The van der Waals surface area contributed by atoms with E-state index >= 15 is 0 Å². The number of fused-ring (bicyclic) bond motifs is 2. The summed E-state index contributed by atoms with van der Waals surface area (Å²) in [7, 11) is 0. The van der Waals surface area contributed by atoms with Gasteiger partial charge in [0, 0.05) is 17.4 Å². The van der Waals surface area contributed by atoms with Crippen LogP contribution in [0.25, 0.3) is 10.2 Å². The third-order valence-electron chi connectivity index (χ3n) is 3.87. The Labute approximate surface area is 143 Å². The van der Waals surface area contributed by atoms with Gasteiger partial charge in [0.25, 0.3) is 5.91 Å². The number of rotatable bonds is 2. The zero-order chi connectivity index (χ0) is 16.0. The van der Waals surface area contributed by atoms with E-state index in [9.17, 15) is 9.18 Å². The fourth-order valence-electron chi connectivity index (χ4n) is 2.75. The number of nitrogens with one attached hydrogen (secondary N) is 2. The second kappa shape index (κ2) is 5.65. The number of carbonyl (C=O) groups is 1. The number of H-pyrrole nitrogens is 1. The van der Waals surface area contributed by atoms with Crippen molar-refractivity contribution in [2.24, 2.45) is 0 Å². The van der Waals surface area contributed by atoms with Gasteiger partial charge >= 0.3 is 0 Å². The Balaban J connectivity index is 1.61. The molecule has 0 fully saturated rings. The van der Waals surface area contributed by atoms with Crippen molar-refractivity contribution in [2.45, 2.75) is 12.5 Å². The number of carbonyl (C=O) groups excluding carboxylic acids is 1. The first kappa shape index (κ1) is 14.7. The summed E-state index contributed by atoms with van der Waals surface area (Å²) < 4.78 is 21.0. The number of hydrogen-bond donors (Lipinski definition) is 2. The maximum atomic E-state index is 13.5. The van der Waals surface area contributed by atoms with E-state index in [0.717, 1.165) is 14.7 Å². The molecule has 1 amide bonds. The van der Waals surface area contributed by atoms with E-state index in [0.29, 0.717) is 30.0 Å². The topological polar surface area (TPSA) is 54.1 Å². The largest absolute Gasteiger partial charge is 0.493 e. The quantitative estimate of drug-likeness (QED) is 0.677. The molecule has 0 saturated heterocycles. The van der Waals surface area contributed by atoms with Gasteiger partial charge in [-0.05, 0) is 40.2 Å². The number of amides is 1. The predicted octanol–water partition coefficient (Wildman–Crippen LogP) is 4.38. The fourth-order valence-corrected chi connectivity index (χ4v) is 4.29. The molecule has 1 aliphatic heterocycles. The van der Waals surface area contributed by atoms with Gasteiger partial charge in [-0.3, -0.25) is 4.79 Å². The van der Waals surface area contributed by atoms with Crippen LogP contribution in [0.15, 0.2) is 34.1 Å². The third-order valence-corrected chi connectivity index (χ3v) is 5.73. The molecular formula is C16H12BrFN2O2S. The van der Waals surface area contributed by atoms with Gasteiger partial charge in [0.2, 0.25) is 0 Å². The Morgan fingerprint density at radius 3 is 3.13 bits per heavy atom. The Kier molecular flexibility index (Phi) is 3.61. The molecule has 0 saturated carbocycles. The molecule has 0 bridgehead atoms. The van der Waals surface area contributed by atoms with Crippen molar-refractivity contribution in [3.63, 3.8) is 0 Å². The van der Waals surface area contributed by atoms with Crippen molar-refractivity contribution in [1.82, 2.24) is 10.3 Å². The van der Waals surface area contributed by atoms with Crippen LogP contribution in [0.1, 0.15) is 28.5 Å². The summed E-state index contributed by atoms with van der Waals surface area (Å²) in [5, 5.41) is 4.93. The van der Waals surface area contributed by atoms with E-state index in [1.807, 2.05) is 11.4 Å². The average molecular weight is 395 g/mol. The molecule has 1 aliphatic rings. The minimum absolute atomic E-state index is 0.206. The van der Waals surface area contributed by atoms with Crippen molar-refractivity contribution in [3.8, 4) is 5.75 Å². The van der Waals surface area contributed by atoms with Gasteiger partial charge in [-0.2, -0.15) is 0 Å². The normalized spacial score (nSPS) is 16.9. The first-order valence-corrected chi connectivity index (χ1v) is 8.78. The molecule has 0 aliphatic carbocycles. The highest BCUT2D eigenvalue weighted by molar-refractivity contribution is 9.10. The molecular weight excluding hydrogens is 383 g/mol. The Morgan fingerprint density at radius 2 is 2.30 bits per heavy atom. The maximum Gasteiger partial charge on any atom is 0.268 e. The maximum absolute atomic E-state index is 13.5. The average Bonchev–Trinajstić information content (AvgIpc) is 3.10. The van der Waals surface area contributed by atoms with Crippen LogP contribution in [0, 0.1) is 5.82 Å². The second-order valence-electron chi connectivity index (χ2n) is 5.35. The molecule has 1 aromatic carbocycles. The van der Waals surface area contributed by atoms with Gasteiger partial charge in [0.05, 0.1) is 27.3 Å². The molecule has 118 valence electrons. The highest BCUT2D eigenvalue weighted by Crippen LogP contribution is 2.33. The van der Waals surface area contributed by atoms with Gasteiger partial charge < -0.3 is 15.0 Å². The first-order valence-electron chi connectivity index (χ1n) is 7.10. The number of halogens is 2. The highest BCUT2D eigenvalue weighted by atomic mass is 79.9. The zero-order valence-electron chi connectivity index (χ0n) is 11.9. The van der Waals surface area contributed by atoms with Crippen LogP contribution in [0.4, 0.5) is 4.39 Å². The number of aromatic amines is 1. The monoisotopic (exact) mass is 394 g/mol. The molecule has 0 spiro atoms. The van der Waals surface area contributed by atoms with Gasteiger partial charge in [0.1, 0.15) is 17.3 Å². The molecule has 23 heavy (non-hydrogen) atoms. The van der Waals surface area contributed by atoms with E-state index in [-0.39, 0.29) is 17.8 Å². The van der Waals surface area contributed by atoms with Crippen LogP contribution in [0.5, 0.6) is 5.75 Å². The van der Waals surface area contributed by atoms with E-state index < -0.39 is 0 Å².